The monoisotopic (exact) mass is 387 g/mol. The largest absolute Gasteiger partial charge is 0.361 e. The molecular formula is C21H25NO2S2. The summed E-state index contributed by atoms with van der Waals surface area (Å²) in [6, 6.07) is 9.08. The molecule has 0 bridgehead atoms. The Morgan fingerprint density at radius 3 is 2.62 bits per heavy atom. The van der Waals surface area contributed by atoms with Crippen molar-refractivity contribution in [3.63, 3.8) is 0 Å². The van der Waals surface area contributed by atoms with Crippen LogP contribution in [0.4, 0.5) is 0 Å². The number of aromatic nitrogens is 1. The van der Waals surface area contributed by atoms with Gasteiger partial charge in [0.15, 0.2) is 0 Å². The number of fused-ring (bicyclic) bond motifs is 1. The van der Waals surface area contributed by atoms with E-state index in [4.69, 9.17) is 0 Å². The topological polar surface area (TPSA) is 56.2 Å². The molecule has 2 aliphatic rings. The Bertz CT molecular complexity index is 929. The zero-order valence-electron chi connectivity index (χ0n) is 14.8. The minimum Gasteiger partial charge on any atom is -0.361 e. The highest BCUT2D eigenvalue weighted by molar-refractivity contribution is 8.24. The summed E-state index contributed by atoms with van der Waals surface area (Å²) in [5.41, 5.74) is 5.13. The summed E-state index contributed by atoms with van der Waals surface area (Å²) in [6.45, 7) is 0. The highest BCUT2D eigenvalue weighted by Gasteiger charge is 2.27. The average molecular weight is 388 g/mol. The first kappa shape index (κ1) is 16.9. The molecule has 1 saturated heterocycles. The van der Waals surface area contributed by atoms with E-state index in [-0.39, 0.29) is 0 Å². The first-order valence-electron chi connectivity index (χ1n) is 9.50. The molecule has 26 heavy (non-hydrogen) atoms. The van der Waals surface area contributed by atoms with Crippen LogP contribution in [-0.4, -0.2) is 25.6 Å². The lowest BCUT2D eigenvalue weighted by molar-refractivity contribution is 0.458. The van der Waals surface area contributed by atoms with Crippen molar-refractivity contribution in [1.29, 1.82) is 0 Å². The molecule has 1 aliphatic heterocycles. The van der Waals surface area contributed by atoms with E-state index in [2.05, 4.69) is 40.8 Å². The lowest BCUT2D eigenvalue weighted by Crippen LogP contribution is -2.19. The fourth-order valence-corrected chi connectivity index (χ4v) is 6.66. The molecule has 0 atom stereocenters. The quantitative estimate of drug-likeness (QED) is 0.480. The van der Waals surface area contributed by atoms with Gasteiger partial charge in [0.25, 0.3) is 0 Å². The van der Waals surface area contributed by atoms with Crippen LogP contribution in [0.15, 0.2) is 35.8 Å². The Morgan fingerprint density at radius 1 is 1.04 bits per heavy atom. The van der Waals surface area contributed by atoms with E-state index in [0.717, 1.165) is 18.8 Å². The number of hydrogen-bond donors (Lipinski definition) is 3. The van der Waals surface area contributed by atoms with E-state index in [9.17, 15) is 9.11 Å². The molecule has 2 fully saturated rings. The molecule has 138 valence electrons. The molecule has 5 heteroatoms. The van der Waals surface area contributed by atoms with Crippen molar-refractivity contribution in [2.45, 2.75) is 38.0 Å². The second-order valence-corrected chi connectivity index (χ2v) is 11.4. The maximum absolute atomic E-state index is 9.90. The lowest BCUT2D eigenvalue weighted by Gasteiger charge is -2.39. The summed E-state index contributed by atoms with van der Waals surface area (Å²) >= 11 is 1.89. The summed E-state index contributed by atoms with van der Waals surface area (Å²) in [5, 5.41) is 3.59. The zero-order valence-corrected chi connectivity index (χ0v) is 16.4. The van der Waals surface area contributed by atoms with Crippen LogP contribution in [0.5, 0.6) is 0 Å². The van der Waals surface area contributed by atoms with E-state index >= 15 is 0 Å². The van der Waals surface area contributed by atoms with E-state index < -0.39 is 10.6 Å². The minimum absolute atomic E-state index is 0.423. The van der Waals surface area contributed by atoms with Crippen LogP contribution in [0.1, 0.15) is 42.0 Å². The second kappa shape index (κ2) is 6.41. The van der Waals surface area contributed by atoms with Crippen LogP contribution in [0, 0.1) is 5.92 Å². The van der Waals surface area contributed by atoms with E-state index in [0.29, 0.717) is 17.4 Å². The first-order chi connectivity index (χ1) is 12.6. The zero-order chi connectivity index (χ0) is 17.7. The molecule has 3 nitrogen and oxygen atoms in total. The van der Waals surface area contributed by atoms with Crippen molar-refractivity contribution in [1.82, 2.24) is 4.98 Å². The van der Waals surface area contributed by atoms with Crippen molar-refractivity contribution < 1.29 is 9.11 Å². The molecule has 0 unspecified atom stereocenters. The van der Waals surface area contributed by atoms with Gasteiger partial charge in [-0.05, 0) is 84.2 Å². The summed E-state index contributed by atoms with van der Waals surface area (Å²) in [7, 11) is -2.32. The van der Waals surface area contributed by atoms with Crippen LogP contribution < -0.4 is 0 Å². The molecule has 3 aromatic rings. The molecular weight excluding hydrogens is 362 g/mol. The minimum atomic E-state index is -2.32. The van der Waals surface area contributed by atoms with Gasteiger partial charge in [0.2, 0.25) is 0 Å². The average Bonchev–Trinajstić information content (AvgIpc) is 3.15. The standard InChI is InChI=1S/C21H25NO2S2/c23-26(24)7-5-15(6-8-26)20-12-22-21-4-3-16(11-19(20)21)17-10-18(25-13-17)9-14-1-2-14/h3-4,10-15,22-24H,1-2,5-9H2. The molecule has 0 radical (unpaired) electrons. The van der Waals surface area contributed by atoms with Gasteiger partial charge >= 0.3 is 0 Å². The molecule has 0 spiro atoms. The normalized spacial score (nSPS) is 21.9. The summed E-state index contributed by atoms with van der Waals surface area (Å²) in [6.07, 6.45) is 7.90. The van der Waals surface area contributed by atoms with Crippen LogP contribution in [0.2, 0.25) is 0 Å². The smallest absolute Gasteiger partial charge is 0.0457 e. The molecule has 5 rings (SSSR count). The Hall–Kier alpha value is -1.27. The number of aromatic amines is 1. The number of hydrogen-bond acceptors (Lipinski definition) is 3. The van der Waals surface area contributed by atoms with E-state index in [1.165, 1.54) is 51.7 Å². The fraction of sp³-hybridized carbons (Fsp3) is 0.429. The highest BCUT2D eigenvalue weighted by Crippen LogP contribution is 2.49. The van der Waals surface area contributed by atoms with Gasteiger partial charge < -0.3 is 4.98 Å². The Morgan fingerprint density at radius 2 is 1.85 bits per heavy atom. The lowest BCUT2D eigenvalue weighted by atomic mass is 9.92. The van der Waals surface area contributed by atoms with E-state index in [1.54, 1.807) is 0 Å². The third-order valence-electron chi connectivity index (χ3n) is 5.91. The van der Waals surface area contributed by atoms with Crippen molar-refractivity contribution in [2.24, 2.45) is 5.92 Å². The maximum Gasteiger partial charge on any atom is 0.0457 e. The Labute approximate surface area is 159 Å². The number of thiophene rings is 1. The highest BCUT2D eigenvalue weighted by atomic mass is 32.3. The van der Waals surface area contributed by atoms with Crippen molar-refractivity contribution in [2.75, 3.05) is 11.5 Å². The number of benzene rings is 1. The third-order valence-corrected chi connectivity index (χ3v) is 8.65. The first-order valence-corrected chi connectivity index (χ1v) is 12.3. The van der Waals surface area contributed by atoms with E-state index in [1.807, 2.05) is 11.3 Å². The summed E-state index contributed by atoms with van der Waals surface area (Å²) < 4.78 is 19.8. The van der Waals surface area contributed by atoms with Crippen molar-refractivity contribution >= 4 is 32.8 Å². The van der Waals surface area contributed by atoms with Gasteiger partial charge in [-0.15, -0.1) is 11.3 Å². The summed E-state index contributed by atoms with van der Waals surface area (Å²) in [5.74, 6) is 2.43. The summed E-state index contributed by atoms with van der Waals surface area (Å²) in [4.78, 5) is 4.92. The van der Waals surface area contributed by atoms with Gasteiger partial charge in [0, 0.05) is 33.5 Å². The Kier molecular flexibility index (Phi) is 4.16. The van der Waals surface area contributed by atoms with Gasteiger partial charge in [-0.25, -0.2) is 0 Å². The van der Waals surface area contributed by atoms with Gasteiger partial charge in [-0.3, -0.25) is 9.11 Å². The number of rotatable bonds is 4. The third kappa shape index (κ3) is 3.33. The van der Waals surface area contributed by atoms with Gasteiger partial charge in [0.05, 0.1) is 0 Å². The van der Waals surface area contributed by atoms with Gasteiger partial charge in [-0.2, -0.15) is 10.6 Å². The molecule has 1 aliphatic carbocycles. The van der Waals surface area contributed by atoms with Crippen LogP contribution in [0.25, 0.3) is 22.0 Å². The van der Waals surface area contributed by atoms with Crippen LogP contribution >= 0.6 is 21.9 Å². The van der Waals surface area contributed by atoms with Crippen LogP contribution in [0.3, 0.4) is 0 Å². The van der Waals surface area contributed by atoms with Gasteiger partial charge in [-0.1, -0.05) is 6.07 Å². The van der Waals surface area contributed by atoms with Crippen LogP contribution in [-0.2, 0) is 6.42 Å². The van der Waals surface area contributed by atoms with Gasteiger partial charge in [0.1, 0.15) is 0 Å². The second-order valence-electron chi connectivity index (χ2n) is 7.94. The van der Waals surface area contributed by atoms with Crippen molar-refractivity contribution in [3.8, 4) is 11.1 Å². The molecule has 0 amide bonds. The number of H-pyrrole nitrogens is 1. The molecule has 2 aromatic heterocycles. The Balaban J connectivity index is 1.44. The molecule has 1 aromatic carbocycles. The molecule has 3 heterocycles. The predicted molar refractivity (Wildman–Crippen MR) is 113 cm³/mol. The SMILES string of the molecule is OS1(O)CCC(c2c[nH]c3ccc(-c4csc(CC5CC5)c4)cc23)CC1. The van der Waals surface area contributed by atoms with Crippen molar-refractivity contribution in [3.05, 3.63) is 46.3 Å². The molecule has 3 N–H and O–H groups in total. The molecule has 1 saturated carbocycles. The fourth-order valence-electron chi connectivity index (χ4n) is 4.12. The maximum atomic E-state index is 9.90. The predicted octanol–water partition coefficient (Wildman–Crippen LogP) is 6.48. The number of nitrogens with one attached hydrogen (secondary N) is 1.